The standard InChI is InChI=1S/C16H22N4OS/c1-12-7-18-20(9-12)10-13(2)17-8-16(21)19-5-3-15-14(11-19)4-6-22-15/h4,6-7,9,13,17H,3,5,8,10-11H2,1-2H3/t13-/m1/s1. The number of amides is 1. The van der Waals surface area contributed by atoms with Gasteiger partial charge in [0.05, 0.1) is 19.3 Å². The van der Waals surface area contributed by atoms with Crippen LogP contribution >= 0.6 is 11.3 Å². The lowest BCUT2D eigenvalue weighted by Gasteiger charge is -2.27. The van der Waals surface area contributed by atoms with Crippen LogP contribution in [-0.2, 0) is 24.3 Å². The predicted octanol–water partition coefficient (Wildman–Crippen LogP) is 1.82. The average Bonchev–Trinajstić information content (AvgIpc) is 3.12. The van der Waals surface area contributed by atoms with Gasteiger partial charge in [-0.2, -0.15) is 5.10 Å². The van der Waals surface area contributed by atoms with Crippen LogP contribution in [0.5, 0.6) is 0 Å². The summed E-state index contributed by atoms with van der Waals surface area (Å²) in [5, 5.41) is 9.70. The molecular weight excluding hydrogens is 296 g/mol. The second-order valence-corrected chi connectivity index (χ2v) is 6.96. The number of thiophene rings is 1. The van der Waals surface area contributed by atoms with Crippen molar-refractivity contribution in [2.24, 2.45) is 0 Å². The van der Waals surface area contributed by atoms with Gasteiger partial charge in [0.1, 0.15) is 0 Å². The second-order valence-electron chi connectivity index (χ2n) is 5.96. The summed E-state index contributed by atoms with van der Waals surface area (Å²) in [6, 6.07) is 2.35. The molecule has 5 nitrogen and oxygen atoms in total. The summed E-state index contributed by atoms with van der Waals surface area (Å²) in [5.74, 6) is 0.181. The summed E-state index contributed by atoms with van der Waals surface area (Å²) in [6.45, 7) is 6.86. The molecule has 0 fully saturated rings. The first-order chi connectivity index (χ1) is 10.6. The Morgan fingerprint density at radius 1 is 1.55 bits per heavy atom. The molecule has 2 aromatic rings. The first-order valence-corrected chi connectivity index (χ1v) is 8.55. The Kier molecular flexibility index (Phi) is 4.59. The molecule has 3 heterocycles. The molecular formula is C16H22N4OS. The van der Waals surface area contributed by atoms with E-state index in [9.17, 15) is 4.79 Å². The van der Waals surface area contributed by atoms with E-state index in [1.54, 1.807) is 11.3 Å². The molecule has 0 spiro atoms. The summed E-state index contributed by atoms with van der Waals surface area (Å²) in [5.41, 5.74) is 2.47. The minimum Gasteiger partial charge on any atom is -0.337 e. The molecule has 1 amide bonds. The second kappa shape index (κ2) is 6.62. The zero-order valence-corrected chi connectivity index (χ0v) is 13.9. The van der Waals surface area contributed by atoms with E-state index in [4.69, 9.17) is 0 Å². The fraction of sp³-hybridized carbons (Fsp3) is 0.500. The summed E-state index contributed by atoms with van der Waals surface area (Å²) in [7, 11) is 0. The highest BCUT2D eigenvalue weighted by molar-refractivity contribution is 7.10. The third-order valence-corrected chi connectivity index (χ3v) is 5.01. The Morgan fingerprint density at radius 2 is 2.41 bits per heavy atom. The first kappa shape index (κ1) is 15.2. The minimum absolute atomic E-state index is 0.181. The Labute approximate surface area is 134 Å². The predicted molar refractivity (Wildman–Crippen MR) is 87.9 cm³/mol. The third-order valence-electron chi connectivity index (χ3n) is 3.99. The smallest absolute Gasteiger partial charge is 0.236 e. The number of nitrogens with zero attached hydrogens (tertiary/aromatic N) is 3. The van der Waals surface area contributed by atoms with Crippen LogP contribution in [0.25, 0.3) is 0 Å². The number of carbonyl (C=O) groups excluding carboxylic acids is 1. The van der Waals surface area contributed by atoms with E-state index in [1.165, 1.54) is 10.4 Å². The van der Waals surface area contributed by atoms with Crippen LogP contribution in [0.2, 0.25) is 0 Å². The molecule has 0 aliphatic carbocycles. The molecule has 1 N–H and O–H groups in total. The number of carbonyl (C=O) groups is 1. The molecule has 1 aliphatic rings. The Hall–Kier alpha value is -1.66. The summed E-state index contributed by atoms with van der Waals surface area (Å²) in [6.07, 6.45) is 4.85. The monoisotopic (exact) mass is 318 g/mol. The van der Waals surface area contributed by atoms with E-state index in [0.717, 1.165) is 31.6 Å². The van der Waals surface area contributed by atoms with Gasteiger partial charge in [-0.15, -0.1) is 11.3 Å². The number of hydrogen-bond donors (Lipinski definition) is 1. The van der Waals surface area contributed by atoms with E-state index in [1.807, 2.05) is 28.9 Å². The molecule has 0 aromatic carbocycles. The van der Waals surface area contributed by atoms with Gasteiger partial charge in [0.25, 0.3) is 0 Å². The van der Waals surface area contributed by atoms with E-state index in [0.29, 0.717) is 6.54 Å². The van der Waals surface area contributed by atoms with Crippen LogP contribution in [0, 0.1) is 6.92 Å². The highest BCUT2D eigenvalue weighted by Gasteiger charge is 2.21. The largest absolute Gasteiger partial charge is 0.337 e. The Morgan fingerprint density at radius 3 is 3.18 bits per heavy atom. The lowest BCUT2D eigenvalue weighted by Crippen LogP contribution is -2.43. The van der Waals surface area contributed by atoms with Gasteiger partial charge in [0.15, 0.2) is 0 Å². The molecule has 22 heavy (non-hydrogen) atoms. The quantitative estimate of drug-likeness (QED) is 0.915. The van der Waals surface area contributed by atoms with Crippen molar-refractivity contribution in [3.63, 3.8) is 0 Å². The molecule has 0 saturated carbocycles. The van der Waals surface area contributed by atoms with Crippen molar-refractivity contribution in [1.29, 1.82) is 0 Å². The zero-order chi connectivity index (χ0) is 15.5. The fourth-order valence-corrected chi connectivity index (χ4v) is 3.64. The lowest BCUT2D eigenvalue weighted by atomic mass is 10.1. The van der Waals surface area contributed by atoms with Gasteiger partial charge in [-0.3, -0.25) is 9.48 Å². The van der Waals surface area contributed by atoms with Crippen LogP contribution < -0.4 is 5.32 Å². The van der Waals surface area contributed by atoms with Gasteiger partial charge < -0.3 is 10.2 Å². The number of aryl methyl sites for hydroxylation is 1. The maximum Gasteiger partial charge on any atom is 0.236 e. The van der Waals surface area contributed by atoms with Gasteiger partial charge in [-0.1, -0.05) is 0 Å². The number of nitrogens with one attached hydrogen (secondary N) is 1. The van der Waals surface area contributed by atoms with E-state index in [2.05, 4.69) is 28.8 Å². The molecule has 2 aromatic heterocycles. The van der Waals surface area contributed by atoms with Crippen molar-refractivity contribution in [1.82, 2.24) is 20.0 Å². The van der Waals surface area contributed by atoms with Crippen LogP contribution in [0.1, 0.15) is 22.9 Å². The van der Waals surface area contributed by atoms with Crippen molar-refractivity contribution in [2.45, 2.75) is 39.4 Å². The van der Waals surface area contributed by atoms with Crippen LogP contribution in [0.4, 0.5) is 0 Å². The average molecular weight is 318 g/mol. The van der Waals surface area contributed by atoms with E-state index in [-0.39, 0.29) is 11.9 Å². The number of aromatic nitrogens is 2. The zero-order valence-electron chi connectivity index (χ0n) is 13.1. The Balaban J connectivity index is 1.46. The molecule has 0 radical (unpaired) electrons. The molecule has 0 saturated heterocycles. The normalized spacial score (nSPS) is 15.6. The molecule has 3 rings (SSSR count). The van der Waals surface area contributed by atoms with Crippen molar-refractivity contribution in [2.75, 3.05) is 13.1 Å². The molecule has 1 aliphatic heterocycles. The SMILES string of the molecule is Cc1cnn(C[C@@H](C)NCC(=O)N2CCc3sccc3C2)c1. The molecule has 0 bridgehead atoms. The summed E-state index contributed by atoms with van der Waals surface area (Å²) in [4.78, 5) is 15.7. The fourth-order valence-electron chi connectivity index (χ4n) is 2.75. The van der Waals surface area contributed by atoms with Gasteiger partial charge in [0, 0.05) is 30.2 Å². The minimum atomic E-state index is 0.181. The first-order valence-electron chi connectivity index (χ1n) is 7.67. The van der Waals surface area contributed by atoms with Crippen molar-refractivity contribution < 1.29 is 4.79 Å². The van der Waals surface area contributed by atoms with Crippen LogP contribution in [-0.4, -0.2) is 39.7 Å². The maximum absolute atomic E-state index is 12.3. The van der Waals surface area contributed by atoms with Crippen molar-refractivity contribution in [3.05, 3.63) is 39.8 Å². The van der Waals surface area contributed by atoms with E-state index < -0.39 is 0 Å². The highest BCUT2D eigenvalue weighted by Crippen LogP contribution is 2.23. The van der Waals surface area contributed by atoms with Gasteiger partial charge in [-0.05, 0) is 42.8 Å². The maximum atomic E-state index is 12.3. The third kappa shape index (κ3) is 3.56. The topological polar surface area (TPSA) is 50.2 Å². The summed E-state index contributed by atoms with van der Waals surface area (Å²) < 4.78 is 1.91. The van der Waals surface area contributed by atoms with Crippen molar-refractivity contribution in [3.8, 4) is 0 Å². The van der Waals surface area contributed by atoms with Gasteiger partial charge in [0.2, 0.25) is 5.91 Å². The Bertz CT molecular complexity index is 648. The molecule has 1 atom stereocenters. The molecule has 118 valence electrons. The van der Waals surface area contributed by atoms with Gasteiger partial charge in [-0.25, -0.2) is 0 Å². The lowest BCUT2D eigenvalue weighted by molar-refractivity contribution is -0.131. The van der Waals surface area contributed by atoms with Crippen LogP contribution in [0.15, 0.2) is 23.8 Å². The number of hydrogen-bond acceptors (Lipinski definition) is 4. The van der Waals surface area contributed by atoms with Crippen molar-refractivity contribution >= 4 is 17.2 Å². The van der Waals surface area contributed by atoms with Gasteiger partial charge >= 0.3 is 0 Å². The molecule has 0 unspecified atom stereocenters. The molecule has 6 heteroatoms. The number of rotatable bonds is 5. The van der Waals surface area contributed by atoms with E-state index >= 15 is 0 Å². The highest BCUT2D eigenvalue weighted by atomic mass is 32.1. The van der Waals surface area contributed by atoms with Crippen LogP contribution in [0.3, 0.4) is 0 Å². The summed E-state index contributed by atoms with van der Waals surface area (Å²) >= 11 is 1.80. The number of fused-ring (bicyclic) bond motifs is 1.